The normalized spacial score (nSPS) is 11.5. The van der Waals surface area contributed by atoms with Gasteiger partial charge >= 0.3 is 0 Å². The quantitative estimate of drug-likeness (QED) is 0.0492. The van der Waals surface area contributed by atoms with Gasteiger partial charge in [-0.2, -0.15) is 0 Å². The van der Waals surface area contributed by atoms with E-state index in [0.29, 0.717) is 38.2 Å². The molecule has 0 bridgehead atoms. The van der Waals surface area contributed by atoms with Gasteiger partial charge in [-0.15, -0.1) is 5.10 Å². The molecule has 0 saturated heterocycles. The minimum Gasteiger partial charge on any atom is -0.382 e. The minimum absolute atomic E-state index is 0.0549. The van der Waals surface area contributed by atoms with E-state index in [9.17, 15) is 9.59 Å². The van der Waals surface area contributed by atoms with Gasteiger partial charge in [-0.1, -0.05) is 60.1 Å². The molecule has 16 heteroatoms. The molecule has 0 aliphatic heterocycles. The molecule has 0 unspecified atom stereocenters. The molecule has 15 nitrogen and oxygen atoms in total. The Bertz CT molecular complexity index is 1610. The molecule has 0 aliphatic carbocycles. The first-order chi connectivity index (χ1) is 22.7. The number of nitrogens with zero attached hydrogens (tertiary/aromatic N) is 5. The summed E-state index contributed by atoms with van der Waals surface area (Å²) < 4.78 is 0. The van der Waals surface area contributed by atoms with E-state index in [1.165, 1.54) is 5.56 Å². The van der Waals surface area contributed by atoms with E-state index in [1.807, 2.05) is 0 Å². The number of carbonyl (C=O) groups is 2. The average molecular weight is 662 g/mol. The molecule has 47 heavy (non-hydrogen) atoms. The number of aromatic amines is 1. The van der Waals surface area contributed by atoms with Crippen molar-refractivity contribution in [3.05, 3.63) is 76.3 Å². The largest absolute Gasteiger partial charge is 0.382 e. The number of carbonyl (C=O) groups excluding carboxylic acids is 2. The van der Waals surface area contributed by atoms with Crippen LogP contribution in [-0.4, -0.2) is 61.5 Å². The zero-order chi connectivity index (χ0) is 33.6. The molecule has 4 rings (SSSR count). The minimum atomic E-state index is -0.701. The highest BCUT2D eigenvalue weighted by Crippen LogP contribution is 2.22. The van der Waals surface area contributed by atoms with Gasteiger partial charge in [0.25, 0.3) is 5.91 Å². The van der Waals surface area contributed by atoms with Crippen molar-refractivity contribution in [3.63, 3.8) is 0 Å². The number of tetrazole rings is 1. The Morgan fingerprint density at radius 3 is 2.21 bits per heavy atom. The monoisotopic (exact) mass is 661 g/mol. The van der Waals surface area contributed by atoms with Gasteiger partial charge in [0.05, 0.1) is 6.04 Å². The third-order valence-electron chi connectivity index (χ3n) is 7.41. The highest BCUT2D eigenvalue weighted by molar-refractivity contribution is 6.31. The van der Waals surface area contributed by atoms with Crippen molar-refractivity contribution < 1.29 is 9.59 Å². The van der Waals surface area contributed by atoms with Crippen molar-refractivity contribution in [2.75, 3.05) is 24.6 Å². The second-order valence-electron chi connectivity index (χ2n) is 10.9. The summed E-state index contributed by atoms with van der Waals surface area (Å²) in [6.45, 7) is 1.11. The Labute approximate surface area is 277 Å². The number of anilines is 2. The lowest BCUT2D eigenvalue weighted by atomic mass is 9.99. The standard InChI is InChI=1S/C31H40ClN13O2/c32-26-28(35)40-27(34)25(39-26)30(47)41-31(36)37-18-4-2-5-19-7-12-21(13-8-19)22-14-9-20(10-15-22)11-16-24(46)38-23(6-1-3-17-33)29-42-44-45-43-29/h7-10,12-15,23H,1-6,11,16-18,33H2,(H,38,46)(H4,34,35,40)(H3,36,37,41,47)(H,42,43,44,45)/t23-/m0/s1. The Morgan fingerprint density at radius 1 is 0.894 bits per heavy atom. The number of rotatable bonds is 16. The smallest absolute Gasteiger partial charge is 0.280 e. The Balaban J connectivity index is 1.15. The lowest BCUT2D eigenvalue weighted by molar-refractivity contribution is -0.121. The van der Waals surface area contributed by atoms with Crippen LogP contribution in [0.25, 0.3) is 11.1 Å². The SMILES string of the molecule is N=C(NCCCCc1ccc(-c2ccc(CCC(=O)N[C@@H](CCCCN)c3nnn[nH]3)cc2)cc1)NC(=O)c1nc(Cl)c(N)nc1N. The number of hydrogen-bond donors (Lipinski definition) is 8. The highest BCUT2D eigenvalue weighted by atomic mass is 35.5. The summed E-state index contributed by atoms with van der Waals surface area (Å²) in [5.41, 5.74) is 21.1. The van der Waals surface area contributed by atoms with E-state index in [2.05, 4.69) is 95.1 Å². The zero-order valence-electron chi connectivity index (χ0n) is 25.9. The number of aryl methyl sites for hydroxylation is 2. The summed E-state index contributed by atoms with van der Waals surface area (Å²) in [6.07, 6.45) is 6.00. The van der Waals surface area contributed by atoms with Crippen LogP contribution in [0.2, 0.25) is 5.15 Å². The first-order valence-corrected chi connectivity index (χ1v) is 15.7. The molecular weight excluding hydrogens is 622 g/mol. The number of aromatic nitrogens is 6. The number of unbranched alkanes of at least 4 members (excludes halogenated alkanes) is 2. The lowest BCUT2D eigenvalue weighted by Crippen LogP contribution is -2.41. The summed E-state index contributed by atoms with van der Waals surface area (Å²) >= 11 is 5.81. The van der Waals surface area contributed by atoms with E-state index in [-0.39, 0.29) is 40.4 Å². The van der Waals surface area contributed by atoms with Crippen molar-refractivity contribution in [1.29, 1.82) is 5.41 Å². The molecule has 248 valence electrons. The number of halogens is 1. The predicted octanol–water partition coefficient (Wildman–Crippen LogP) is 2.67. The number of nitrogen functional groups attached to an aromatic ring is 2. The van der Waals surface area contributed by atoms with Crippen molar-refractivity contribution in [3.8, 4) is 11.1 Å². The maximum Gasteiger partial charge on any atom is 0.280 e. The van der Waals surface area contributed by atoms with Crippen molar-refractivity contribution >= 4 is 41.0 Å². The van der Waals surface area contributed by atoms with Gasteiger partial charge in [0, 0.05) is 13.0 Å². The summed E-state index contributed by atoms with van der Waals surface area (Å²) in [5, 5.41) is 30.1. The van der Waals surface area contributed by atoms with Crippen molar-refractivity contribution in [1.82, 2.24) is 46.5 Å². The number of amides is 2. The molecule has 0 fully saturated rings. The highest BCUT2D eigenvalue weighted by Gasteiger charge is 2.18. The number of guanidine groups is 1. The molecule has 11 N–H and O–H groups in total. The Morgan fingerprint density at radius 2 is 1.57 bits per heavy atom. The van der Waals surface area contributed by atoms with Crippen molar-refractivity contribution in [2.45, 2.75) is 57.4 Å². The summed E-state index contributed by atoms with van der Waals surface area (Å²) in [4.78, 5) is 32.6. The fourth-order valence-electron chi connectivity index (χ4n) is 4.83. The Hall–Kier alpha value is -5.15. The molecule has 2 aromatic carbocycles. The molecule has 1 atom stereocenters. The van der Waals surface area contributed by atoms with Crippen LogP contribution in [0.4, 0.5) is 11.6 Å². The molecule has 0 radical (unpaired) electrons. The zero-order valence-corrected chi connectivity index (χ0v) is 26.7. The Kier molecular flexibility index (Phi) is 12.9. The predicted molar refractivity (Wildman–Crippen MR) is 180 cm³/mol. The molecule has 2 aromatic heterocycles. The summed E-state index contributed by atoms with van der Waals surface area (Å²) in [5.74, 6) is -0.623. The van der Waals surface area contributed by atoms with Crippen LogP contribution < -0.4 is 33.2 Å². The number of H-pyrrole nitrogens is 1. The van der Waals surface area contributed by atoms with Gasteiger partial charge < -0.3 is 27.8 Å². The number of nitrogens with two attached hydrogens (primary N) is 3. The fraction of sp³-hybridized carbons (Fsp3) is 0.355. The number of hydrogen-bond acceptors (Lipinski definition) is 11. The summed E-state index contributed by atoms with van der Waals surface area (Å²) in [6, 6.07) is 16.4. The number of benzene rings is 2. The van der Waals surface area contributed by atoms with Crippen LogP contribution in [0.5, 0.6) is 0 Å². The van der Waals surface area contributed by atoms with Gasteiger partial charge in [-0.05, 0) is 84.2 Å². The summed E-state index contributed by atoms with van der Waals surface area (Å²) in [7, 11) is 0. The van der Waals surface area contributed by atoms with Crippen LogP contribution in [-0.2, 0) is 17.6 Å². The first kappa shape index (κ1) is 34.7. The first-order valence-electron chi connectivity index (χ1n) is 15.4. The van der Waals surface area contributed by atoms with Crippen molar-refractivity contribution in [2.24, 2.45) is 5.73 Å². The van der Waals surface area contributed by atoms with E-state index < -0.39 is 5.91 Å². The van der Waals surface area contributed by atoms with Gasteiger partial charge in [0.2, 0.25) is 5.91 Å². The van der Waals surface area contributed by atoms with Crippen LogP contribution >= 0.6 is 11.6 Å². The topological polar surface area (TPSA) is 252 Å². The molecule has 4 aromatic rings. The molecule has 0 spiro atoms. The fourth-order valence-corrected chi connectivity index (χ4v) is 4.96. The number of nitrogens with one attached hydrogen (secondary N) is 5. The third-order valence-corrected chi connectivity index (χ3v) is 7.69. The average Bonchev–Trinajstić information content (AvgIpc) is 3.61. The van der Waals surface area contributed by atoms with Gasteiger partial charge in [0.15, 0.2) is 34.3 Å². The molecular formula is C31H40ClN13O2. The maximum absolute atomic E-state index is 12.7. The molecule has 2 amide bonds. The van der Waals surface area contributed by atoms with Crippen LogP contribution in [0, 0.1) is 5.41 Å². The van der Waals surface area contributed by atoms with Crippen LogP contribution in [0.3, 0.4) is 0 Å². The molecule has 0 aliphatic rings. The second kappa shape index (κ2) is 17.5. The van der Waals surface area contributed by atoms with Crippen LogP contribution in [0.15, 0.2) is 48.5 Å². The van der Waals surface area contributed by atoms with E-state index in [4.69, 9.17) is 34.2 Å². The maximum atomic E-state index is 12.7. The third kappa shape index (κ3) is 10.7. The van der Waals surface area contributed by atoms with E-state index >= 15 is 0 Å². The lowest BCUT2D eigenvalue weighted by Gasteiger charge is -2.15. The van der Waals surface area contributed by atoms with E-state index in [0.717, 1.165) is 48.8 Å². The molecule has 2 heterocycles. The second-order valence-corrected chi connectivity index (χ2v) is 11.3. The van der Waals surface area contributed by atoms with Gasteiger partial charge in [-0.3, -0.25) is 20.3 Å². The van der Waals surface area contributed by atoms with Crippen LogP contribution in [0.1, 0.15) is 72.0 Å². The van der Waals surface area contributed by atoms with Gasteiger partial charge in [0.1, 0.15) is 0 Å². The van der Waals surface area contributed by atoms with E-state index in [1.54, 1.807) is 0 Å². The molecule has 0 saturated carbocycles. The van der Waals surface area contributed by atoms with Gasteiger partial charge in [-0.25, -0.2) is 15.1 Å².